The summed E-state index contributed by atoms with van der Waals surface area (Å²) in [5.74, 6) is 0.0678. The number of rotatable bonds is 8. The van der Waals surface area contributed by atoms with Crippen molar-refractivity contribution < 1.29 is 19.1 Å². The first-order valence-corrected chi connectivity index (χ1v) is 14.4. The van der Waals surface area contributed by atoms with E-state index in [1.54, 1.807) is 0 Å². The number of amides is 1. The van der Waals surface area contributed by atoms with Crippen molar-refractivity contribution in [2.45, 2.75) is 115 Å². The number of carbonyl (C=O) groups excluding carboxylic acids is 2. The number of nitrogens with one attached hydrogen (secondary N) is 3. The molecule has 3 unspecified atom stereocenters. The van der Waals surface area contributed by atoms with E-state index in [-0.39, 0.29) is 42.6 Å². The zero-order chi connectivity index (χ0) is 24.6. The van der Waals surface area contributed by atoms with Crippen molar-refractivity contribution in [2.24, 2.45) is 11.8 Å². The van der Waals surface area contributed by atoms with Crippen LogP contribution >= 0.6 is 12.2 Å². The second kappa shape index (κ2) is 13.0. The van der Waals surface area contributed by atoms with Crippen LogP contribution in [0, 0.1) is 11.8 Å². The fraction of sp³-hybridized carbons (Fsp3) is 0.815. The van der Waals surface area contributed by atoms with Crippen LogP contribution < -0.4 is 16.0 Å². The predicted octanol–water partition coefficient (Wildman–Crippen LogP) is 4.25. The molecule has 3 fully saturated rings. The van der Waals surface area contributed by atoms with E-state index in [1.807, 2.05) is 6.92 Å². The van der Waals surface area contributed by atoms with Gasteiger partial charge in [0.15, 0.2) is 5.11 Å². The van der Waals surface area contributed by atoms with E-state index in [4.69, 9.17) is 21.7 Å². The molecule has 3 saturated carbocycles. The lowest BCUT2D eigenvalue weighted by molar-refractivity contribution is -0.140. The summed E-state index contributed by atoms with van der Waals surface area (Å²) in [6, 6.07) is 0.0216. The maximum atomic E-state index is 13.3. The number of carbonyl (C=O) groups is 2. The Balaban J connectivity index is 1.50. The minimum Gasteiger partial charge on any atom is -0.463 e. The molecular formula is C27H43N3O4S. The van der Waals surface area contributed by atoms with E-state index >= 15 is 0 Å². The molecule has 1 heterocycles. The van der Waals surface area contributed by atoms with Crippen molar-refractivity contribution in [3.63, 3.8) is 0 Å². The Labute approximate surface area is 215 Å². The predicted molar refractivity (Wildman–Crippen MR) is 140 cm³/mol. The largest absolute Gasteiger partial charge is 0.463 e. The fourth-order valence-corrected chi connectivity index (χ4v) is 6.74. The van der Waals surface area contributed by atoms with Gasteiger partial charge in [-0.1, -0.05) is 51.4 Å². The van der Waals surface area contributed by atoms with Crippen LogP contribution in [0.5, 0.6) is 0 Å². The molecule has 1 amide bonds. The van der Waals surface area contributed by atoms with E-state index in [9.17, 15) is 9.59 Å². The van der Waals surface area contributed by atoms with E-state index in [0.29, 0.717) is 23.2 Å². The van der Waals surface area contributed by atoms with Gasteiger partial charge >= 0.3 is 5.97 Å². The van der Waals surface area contributed by atoms with Crippen LogP contribution in [0.4, 0.5) is 0 Å². The van der Waals surface area contributed by atoms with Crippen molar-refractivity contribution in [2.75, 3.05) is 13.2 Å². The maximum absolute atomic E-state index is 13.3. The third-order valence-corrected chi connectivity index (χ3v) is 8.45. The molecule has 0 spiro atoms. The lowest BCUT2D eigenvalue weighted by Gasteiger charge is -2.42. The lowest BCUT2D eigenvalue weighted by Crippen LogP contribution is -2.57. The highest BCUT2D eigenvalue weighted by molar-refractivity contribution is 7.80. The van der Waals surface area contributed by atoms with Gasteiger partial charge in [0.2, 0.25) is 5.91 Å². The monoisotopic (exact) mass is 505 g/mol. The number of thiocarbonyl (C=S) groups is 1. The molecule has 0 radical (unpaired) electrons. The average molecular weight is 506 g/mol. The highest BCUT2D eigenvalue weighted by atomic mass is 32.1. The number of allylic oxidation sites excluding steroid dienone is 1. The van der Waals surface area contributed by atoms with Crippen molar-refractivity contribution in [3.8, 4) is 0 Å². The average Bonchev–Trinajstić information content (AvgIpc) is 2.88. The van der Waals surface area contributed by atoms with Crippen LogP contribution in [0.3, 0.4) is 0 Å². The third-order valence-electron chi connectivity index (χ3n) is 8.23. The normalized spacial score (nSPS) is 28.7. The number of ether oxygens (including phenoxy) is 2. The van der Waals surface area contributed by atoms with Crippen LogP contribution in [0.15, 0.2) is 11.3 Å². The van der Waals surface area contributed by atoms with Gasteiger partial charge in [-0.3, -0.25) is 4.79 Å². The van der Waals surface area contributed by atoms with Gasteiger partial charge in [-0.2, -0.15) is 0 Å². The first kappa shape index (κ1) is 26.4. The Morgan fingerprint density at radius 3 is 2.31 bits per heavy atom. The van der Waals surface area contributed by atoms with Gasteiger partial charge in [0.1, 0.15) is 6.61 Å². The van der Waals surface area contributed by atoms with Crippen LogP contribution in [0.25, 0.3) is 0 Å². The fourth-order valence-electron chi connectivity index (χ4n) is 6.50. The summed E-state index contributed by atoms with van der Waals surface area (Å²) < 4.78 is 11.8. The van der Waals surface area contributed by atoms with Gasteiger partial charge in [-0.05, 0) is 63.6 Å². The Hall–Kier alpha value is -1.67. The first-order valence-electron chi connectivity index (χ1n) is 14.0. The zero-order valence-corrected chi connectivity index (χ0v) is 22.1. The van der Waals surface area contributed by atoms with Crippen molar-refractivity contribution in [3.05, 3.63) is 11.3 Å². The minimum atomic E-state index is -0.264. The van der Waals surface area contributed by atoms with Crippen LogP contribution in [0.1, 0.15) is 96.8 Å². The number of hydrogen-bond acceptors (Lipinski definition) is 5. The van der Waals surface area contributed by atoms with Gasteiger partial charge in [0.05, 0.1) is 24.3 Å². The summed E-state index contributed by atoms with van der Waals surface area (Å²) in [5, 5.41) is 10.5. The molecular weight excluding hydrogens is 462 g/mol. The van der Waals surface area contributed by atoms with E-state index in [2.05, 4.69) is 16.0 Å². The van der Waals surface area contributed by atoms with Crippen LogP contribution in [-0.4, -0.2) is 48.4 Å². The smallest absolute Gasteiger partial charge is 0.337 e. The summed E-state index contributed by atoms with van der Waals surface area (Å²) in [7, 11) is 0. The molecule has 8 heteroatoms. The lowest BCUT2D eigenvalue weighted by atomic mass is 9.75. The summed E-state index contributed by atoms with van der Waals surface area (Å²) in [4.78, 5) is 25.9. The second-order valence-corrected chi connectivity index (χ2v) is 11.1. The number of hydrogen-bond donors (Lipinski definition) is 3. The summed E-state index contributed by atoms with van der Waals surface area (Å²) >= 11 is 5.63. The Bertz CT molecular complexity index is 789. The molecule has 4 rings (SSSR count). The van der Waals surface area contributed by atoms with E-state index in [1.165, 1.54) is 38.5 Å². The zero-order valence-electron chi connectivity index (χ0n) is 21.2. The van der Waals surface area contributed by atoms with Gasteiger partial charge in [-0.15, -0.1) is 0 Å². The molecule has 3 aliphatic carbocycles. The maximum Gasteiger partial charge on any atom is 0.337 e. The molecule has 35 heavy (non-hydrogen) atoms. The standard InChI is InChI=1S/C27H43N3O4S/c1-2-33-26(32)23-24(18-11-5-3-6-12-18)29-27(35)30-25(23)20-15-9-10-16-21(20)34-17-22(31)28-19-13-7-4-8-14-19/h18-21,25H,2-17H2,1H3,(H,28,31)(H2,29,30,35). The van der Waals surface area contributed by atoms with Crippen LogP contribution in [0.2, 0.25) is 0 Å². The van der Waals surface area contributed by atoms with E-state index < -0.39 is 0 Å². The Kier molecular flexibility index (Phi) is 9.83. The van der Waals surface area contributed by atoms with Crippen molar-refractivity contribution in [1.29, 1.82) is 0 Å². The quantitative estimate of drug-likeness (QED) is 0.336. The molecule has 0 bridgehead atoms. The molecule has 0 aromatic carbocycles. The van der Waals surface area contributed by atoms with Gasteiger partial charge in [0.25, 0.3) is 0 Å². The molecule has 0 aromatic heterocycles. The third kappa shape index (κ3) is 6.97. The van der Waals surface area contributed by atoms with Gasteiger partial charge in [0, 0.05) is 17.7 Å². The molecule has 0 saturated heterocycles. The van der Waals surface area contributed by atoms with Crippen molar-refractivity contribution >= 4 is 29.2 Å². The summed E-state index contributed by atoms with van der Waals surface area (Å²) in [5.41, 5.74) is 1.65. The molecule has 1 aliphatic heterocycles. The molecule has 7 nitrogen and oxygen atoms in total. The first-order chi connectivity index (χ1) is 17.1. The molecule has 3 atom stereocenters. The SMILES string of the molecule is CCOC(=O)C1=C(C2CCCCC2)NC(=S)NC1C1CCCCC1OCC(=O)NC1CCCCC1. The van der Waals surface area contributed by atoms with Crippen LogP contribution in [-0.2, 0) is 19.1 Å². The molecule has 196 valence electrons. The minimum absolute atomic E-state index is 0.0286. The second-order valence-electron chi connectivity index (χ2n) is 10.7. The Morgan fingerprint density at radius 2 is 1.60 bits per heavy atom. The van der Waals surface area contributed by atoms with Crippen molar-refractivity contribution in [1.82, 2.24) is 16.0 Å². The molecule has 3 N–H and O–H groups in total. The summed E-state index contributed by atoms with van der Waals surface area (Å²) in [6.07, 6.45) is 15.3. The number of esters is 1. The van der Waals surface area contributed by atoms with Gasteiger partial charge < -0.3 is 25.4 Å². The highest BCUT2D eigenvalue weighted by Gasteiger charge is 2.42. The molecule has 4 aliphatic rings. The topological polar surface area (TPSA) is 88.7 Å². The Morgan fingerprint density at radius 1 is 0.943 bits per heavy atom. The summed E-state index contributed by atoms with van der Waals surface area (Å²) in [6.45, 7) is 2.25. The van der Waals surface area contributed by atoms with Gasteiger partial charge in [-0.25, -0.2) is 4.79 Å². The molecule has 0 aromatic rings. The highest BCUT2D eigenvalue weighted by Crippen LogP contribution is 2.38. The van der Waals surface area contributed by atoms with E-state index in [0.717, 1.165) is 57.1 Å².